The van der Waals surface area contributed by atoms with Crippen LogP contribution in [0.4, 0.5) is 17.2 Å². The van der Waals surface area contributed by atoms with Crippen LogP contribution in [0.2, 0.25) is 5.02 Å². The minimum absolute atomic E-state index is 0.247. The lowest BCUT2D eigenvalue weighted by molar-refractivity contribution is 0.102. The first-order chi connectivity index (χ1) is 12.4. The van der Waals surface area contributed by atoms with Crippen molar-refractivity contribution in [2.45, 2.75) is 20.8 Å². The van der Waals surface area contributed by atoms with Crippen LogP contribution in [0.3, 0.4) is 0 Å². The predicted molar refractivity (Wildman–Crippen MR) is 105 cm³/mol. The van der Waals surface area contributed by atoms with Crippen LogP contribution in [0.5, 0.6) is 0 Å². The number of benzene rings is 2. The maximum atomic E-state index is 12.3. The zero-order valence-electron chi connectivity index (χ0n) is 14.8. The van der Waals surface area contributed by atoms with Crippen LogP contribution < -0.4 is 10.6 Å². The summed E-state index contributed by atoms with van der Waals surface area (Å²) in [6, 6.07) is 11.4. The molecule has 0 saturated heterocycles. The van der Waals surface area contributed by atoms with Crippen molar-refractivity contribution in [3.63, 3.8) is 0 Å². The minimum Gasteiger partial charge on any atom is -0.339 e. The lowest BCUT2D eigenvalue weighted by atomic mass is 10.1. The van der Waals surface area contributed by atoms with Crippen molar-refractivity contribution in [3.05, 3.63) is 76.2 Å². The molecular weight excluding hydrogens is 348 g/mol. The van der Waals surface area contributed by atoms with E-state index >= 15 is 0 Å². The largest absolute Gasteiger partial charge is 0.339 e. The van der Waals surface area contributed by atoms with E-state index in [-0.39, 0.29) is 11.6 Å². The summed E-state index contributed by atoms with van der Waals surface area (Å²) in [7, 11) is 0. The second-order valence-corrected chi connectivity index (χ2v) is 6.48. The van der Waals surface area contributed by atoms with Gasteiger partial charge in [0.25, 0.3) is 5.91 Å². The van der Waals surface area contributed by atoms with Gasteiger partial charge in [-0.05, 0) is 61.7 Å². The lowest BCUT2D eigenvalue weighted by Crippen LogP contribution is -2.14. The molecule has 3 rings (SSSR count). The number of nitrogens with one attached hydrogen (secondary N) is 2. The van der Waals surface area contributed by atoms with Gasteiger partial charge in [-0.1, -0.05) is 23.7 Å². The van der Waals surface area contributed by atoms with Gasteiger partial charge < -0.3 is 10.6 Å². The topological polar surface area (TPSA) is 66.9 Å². The molecule has 0 unspecified atom stereocenters. The Labute approximate surface area is 157 Å². The first-order valence-corrected chi connectivity index (χ1v) is 8.54. The number of hydrogen-bond donors (Lipinski definition) is 2. The average molecular weight is 367 g/mol. The van der Waals surface area contributed by atoms with Crippen molar-refractivity contribution < 1.29 is 4.79 Å². The van der Waals surface area contributed by atoms with E-state index in [1.807, 2.05) is 57.2 Å². The molecule has 6 heteroatoms. The third kappa shape index (κ3) is 4.00. The van der Waals surface area contributed by atoms with Crippen molar-refractivity contribution >= 4 is 34.7 Å². The highest BCUT2D eigenvalue weighted by atomic mass is 35.5. The third-order valence-electron chi connectivity index (χ3n) is 4.18. The summed E-state index contributed by atoms with van der Waals surface area (Å²) < 4.78 is 0. The molecule has 0 spiro atoms. The standard InChI is InChI=1S/C20H19ClN4O/c1-12-7-8-15(9-13(12)2)24-20(26)18-10-23-19(11-22-18)25-17-6-4-5-16(21)14(17)3/h4-11H,1-3H3,(H,23,25)(H,24,26). The number of nitrogens with zero attached hydrogens (tertiary/aromatic N) is 2. The van der Waals surface area contributed by atoms with Crippen LogP contribution in [0.25, 0.3) is 0 Å². The summed E-state index contributed by atoms with van der Waals surface area (Å²) in [5.41, 5.74) is 5.04. The van der Waals surface area contributed by atoms with Crippen molar-refractivity contribution in [1.82, 2.24) is 9.97 Å². The Balaban J connectivity index is 1.71. The van der Waals surface area contributed by atoms with E-state index < -0.39 is 0 Å². The summed E-state index contributed by atoms with van der Waals surface area (Å²) >= 11 is 6.12. The molecule has 0 bridgehead atoms. The first-order valence-electron chi connectivity index (χ1n) is 8.17. The maximum absolute atomic E-state index is 12.3. The molecule has 1 amide bonds. The van der Waals surface area contributed by atoms with Crippen molar-refractivity contribution in [1.29, 1.82) is 0 Å². The monoisotopic (exact) mass is 366 g/mol. The van der Waals surface area contributed by atoms with E-state index in [1.165, 1.54) is 18.0 Å². The quantitative estimate of drug-likeness (QED) is 0.678. The van der Waals surface area contributed by atoms with E-state index in [0.717, 1.165) is 22.5 Å². The lowest BCUT2D eigenvalue weighted by Gasteiger charge is -2.10. The Hall–Kier alpha value is -2.92. The molecular formula is C20H19ClN4O. The van der Waals surface area contributed by atoms with E-state index in [2.05, 4.69) is 20.6 Å². The van der Waals surface area contributed by atoms with Gasteiger partial charge in [0.15, 0.2) is 0 Å². The average Bonchev–Trinajstić information content (AvgIpc) is 2.63. The smallest absolute Gasteiger partial charge is 0.275 e. The molecule has 0 aliphatic rings. The van der Waals surface area contributed by atoms with E-state index in [9.17, 15) is 4.79 Å². The molecule has 1 heterocycles. The van der Waals surface area contributed by atoms with Gasteiger partial charge in [-0.2, -0.15) is 0 Å². The third-order valence-corrected chi connectivity index (χ3v) is 4.59. The number of aromatic nitrogens is 2. The molecule has 0 aliphatic heterocycles. The molecule has 26 heavy (non-hydrogen) atoms. The van der Waals surface area contributed by atoms with Crippen LogP contribution in [0.15, 0.2) is 48.8 Å². The Morgan fingerprint density at radius 2 is 1.81 bits per heavy atom. The van der Waals surface area contributed by atoms with Crippen molar-refractivity contribution in [2.24, 2.45) is 0 Å². The number of anilines is 3. The molecule has 2 aromatic carbocycles. The maximum Gasteiger partial charge on any atom is 0.275 e. The summed E-state index contributed by atoms with van der Waals surface area (Å²) in [6.07, 6.45) is 2.97. The number of halogens is 1. The van der Waals surface area contributed by atoms with Crippen LogP contribution >= 0.6 is 11.6 Å². The highest BCUT2D eigenvalue weighted by molar-refractivity contribution is 6.31. The number of aryl methyl sites for hydroxylation is 2. The SMILES string of the molecule is Cc1ccc(NC(=O)c2cnc(Nc3cccc(Cl)c3C)cn2)cc1C. The van der Waals surface area contributed by atoms with Gasteiger partial charge in [-0.3, -0.25) is 4.79 Å². The molecule has 0 aliphatic carbocycles. The summed E-state index contributed by atoms with van der Waals surface area (Å²) in [4.78, 5) is 20.8. The van der Waals surface area contributed by atoms with Crippen molar-refractivity contribution in [3.8, 4) is 0 Å². The molecule has 0 saturated carbocycles. The summed E-state index contributed by atoms with van der Waals surface area (Å²) in [5.74, 6) is 0.240. The molecule has 1 aromatic heterocycles. The molecule has 0 fully saturated rings. The van der Waals surface area contributed by atoms with Gasteiger partial charge in [0.1, 0.15) is 11.5 Å². The highest BCUT2D eigenvalue weighted by Crippen LogP contribution is 2.25. The van der Waals surface area contributed by atoms with Crippen molar-refractivity contribution in [2.75, 3.05) is 10.6 Å². The summed E-state index contributed by atoms with van der Waals surface area (Å²) in [6.45, 7) is 5.95. The van der Waals surface area contributed by atoms with Crippen LogP contribution in [-0.4, -0.2) is 15.9 Å². The van der Waals surface area contributed by atoms with Gasteiger partial charge in [-0.25, -0.2) is 9.97 Å². The Morgan fingerprint density at radius 1 is 1.00 bits per heavy atom. The van der Waals surface area contributed by atoms with Gasteiger partial charge >= 0.3 is 0 Å². The van der Waals surface area contributed by atoms with Gasteiger partial charge in [0.05, 0.1) is 12.4 Å². The number of rotatable bonds is 4. The fourth-order valence-electron chi connectivity index (χ4n) is 2.41. The van der Waals surface area contributed by atoms with Gasteiger partial charge in [0, 0.05) is 16.4 Å². The molecule has 2 N–H and O–H groups in total. The molecule has 132 valence electrons. The fourth-order valence-corrected chi connectivity index (χ4v) is 2.58. The number of carbonyl (C=O) groups is 1. The number of amides is 1. The fraction of sp³-hybridized carbons (Fsp3) is 0.150. The van der Waals surface area contributed by atoms with Gasteiger partial charge in [-0.15, -0.1) is 0 Å². The van der Waals surface area contributed by atoms with E-state index in [1.54, 1.807) is 0 Å². The highest BCUT2D eigenvalue weighted by Gasteiger charge is 2.10. The Kier molecular flexibility index (Phi) is 5.19. The minimum atomic E-state index is -0.300. The van der Waals surface area contributed by atoms with E-state index in [0.29, 0.717) is 10.8 Å². The van der Waals surface area contributed by atoms with Gasteiger partial charge in [0.2, 0.25) is 0 Å². The molecule has 3 aromatic rings. The zero-order chi connectivity index (χ0) is 18.7. The number of hydrogen-bond acceptors (Lipinski definition) is 4. The second kappa shape index (κ2) is 7.54. The van der Waals surface area contributed by atoms with Crippen LogP contribution in [-0.2, 0) is 0 Å². The summed E-state index contributed by atoms with van der Waals surface area (Å²) in [5, 5.41) is 6.66. The van der Waals surface area contributed by atoms with E-state index in [4.69, 9.17) is 11.6 Å². The molecule has 5 nitrogen and oxygen atoms in total. The Bertz CT molecular complexity index is 955. The number of carbonyl (C=O) groups excluding carboxylic acids is 1. The van der Waals surface area contributed by atoms with Crippen LogP contribution in [0, 0.1) is 20.8 Å². The predicted octanol–water partition coefficient (Wildman–Crippen LogP) is 5.05. The Morgan fingerprint density at radius 3 is 2.50 bits per heavy atom. The second-order valence-electron chi connectivity index (χ2n) is 6.08. The molecule has 0 atom stereocenters. The van der Waals surface area contributed by atoms with Crippen LogP contribution in [0.1, 0.15) is 27.2 Å². The first kappa shape index (κ1) is 17.9. The molecule has 0 radical (unpaired) electrons. The normalized spacial score (nSPS) is 10.5. The zero-order valence-corrected chi connectivity index (χ0v) is 15.6.